The zero-order valence-electron chi connectivity index (χ0n) is 13.3. The minimum Gasteiger partial charge on any atom is -0.484 e. The summed E-state index contributed by atoms with van der Waals surface area (Å²) < 4.78 is 10.6. The number of aryl methyl sites for hydroxylation is 1. The molecule has 0 spiro atoms. The van der Waals surface area contributed by atoms with Crippen LogP contribution in [0.2, 0.25) is 0 Å². The Morgan fingerprint density at radius 2 is 2.12 bits per heavy atom. The molecule has 2 aromatic heterocycles. The van der Waals surface area contributed by atoms with Crippen LogP contribution in [0.3, 0.4) is 0 Å². The second kappa shape index (κ2) is 7.24. The average molecular weight is 339 g/mol. The van der Waals surface area contributed by atoms with Gasteiger partial charge in [0, 0.05) is 11.8 Å². The van der Waals surface area contributed by atoms with Gasteiger partial charge in [-0.05, 0) is 42.2 Å². The van der Waals surface area contributed by atoms with Crippen LogP contribution in [-0.4, -0.2) is 38.6 Å². The molecule has 0 aliphatic carbocycles. The number of hydrogen-bond acceptors (Lipinski definition) is 8. The van der Waals surface area contributed by atoms with Gasteiger partial charge in [-0.3, -0.25) is 9.78 Å². The first-order chi connectivity index (χ1) is 12.1. The monoisotopic (exact) mass is 339 g/mol. The van der Waals surface area contributed by atoms with E-state index in [1.807, 2.05) is 19.1 Å². The van der Waals surface area contributed by atoms with E-state index in [9.17, 15) is 14.8 Å². The molecule has 0 radical (unpaired) electrons. The molecule has 25 heavy (non-hydrogen) atoms. The highest BCUT2D eigenvalue weighted by Gasteiger charge is 2.17. The van der Waals surface area contributed by atoms with Crippen molar-refractivity contribution < 1.29 is 24.1 Å². The average Bonchev–Trinajstić information content (AvgIpc) is 3.08. The first kappa shape index (κ1) is 16.8. The summed E-state index contributed by atoms with van der Waals surface area (Å²) in [6.07, 6.45) is 2.19. The molecule has 0 fully saturated rings. The zero-order chi connectivity index (χ0) is 17.8. The minimum absolute atomic E-state index is 0.00185. The fraction of sp³-hybridized carbons (Fsp3) is 0.125. The number of rotatable bonds is 6. The van der Waals surface area contributed by atoms with Crippen molar-refractivity contribution in [3.8, 4) is 17.3 Å². The Kier molecular flexibility index (Phi) is 4.87. The van der Waals surface area contributed by atoms with E-state index < -0.39 is 7.12 Å². The molecule has 1 aromatic carbocycles. The van der Waals surface area contributed by atoms with Gasteiger partial charge in [0.05, 0.1) is 0 Å². The van der Waals surface area contributed by atoms with Crippen molar-refractivity contribution in [1.29, 1.82) is 0 Å². The van der Waals surface area contributed by atoms with Crippen molar-refractivity contribution in [2.45, 2.75) is 13.5 Å². The lowest BCUT2D eigenvalue weighted by Crippen LogP contribution is -2.32. The van der Waals surface area contributed by atoms with Crippen molar-refractivity contribution in [3.63, 3.8) is 0 Å². The summed E-state index contributed by atoms with van der Waals surface area (Å²) in [7, 11) is -1.73. The molecule has 0 saturated heterocycles. The number of nitrogens with zero attached hydrogens (tertiary/aromatic N) is 3. The van der Waals surface area contributed by atoms with Crippen LogP contribution in [0.4, 0.5) is 0 Å². The van der Waals surface area contributed by atoms with E-state index in [-0.39, 0.29) is 23.5 Å². The first-order valence-corrected chi connectivity index (χ1v) is 7.40. The molecule has 0 bridgehead atoms. The summed E-state index contributed by atoms with van der Waals surface area (Å²) in [6.45, 7) is 1.94. The minimum atomic E-state index is -1.73. The molecule has 0 amide bonds. The van der Waals surface area contributed by atoms with Crippen molar-refractivity contribution in [2.24, 2.45) is 0 Å². The Bertz CT molecular complexity index is 897. The van der Waals surface area contributed by atoms with Gasteiger partial charge in [-0.2, -0.15) is 4.98 Å². The fourth-order valence-corrected chi connectivity index (χ4v) is 2.20. The highest BCUT2D eigenvalue weighted by atomic mass is 16.5. The highest BCUT2D eigenvalue weighted by molar-refractivity contribution is 6.60. The second-order valence-electron chi connectivity index (χ2n) is 5.30. The number of aldehydes is 1. The summed E-state index contributed by atoms with van der Waals surface area (Å²) >= 11 is 0. The molecule has 2 heterocycles. The predicted molar refractivity (Wildman–Crippen MR) is 88.3 cm³/mol. The lowest BCUT2D eigenvalue weighted by Gasteiger charge is -2.07. The summed E-state index contributed by atoms with van der Waals surface area (Å²) in [6, 6.07) is 8.03. The van der Waals surface area contributed by atoms with Crippen LogP contribution in [0, 0.1) is 6.92 Å². The van der Waals surface area contributed by atoms with Gasteiger partial charge in [-0.15, -0.1) is 0 Å². The van der Waals surface area contributed by atoms with Crippen LogP contribution >= 0.6 is 0 Å². The molecule has 8 nitrogen and oxygen atoms in total. The fourth-order valence-electron chi connectivity index (χ4n) is 2.20. The van der Waals surface area contributed by atoms with Crippen molar-refractivity contribution in [3.05, 3.63) is 53.5 Å². The standard InChI is InChI=1S/C16H14BN3O5/c1-10-4-5-18-14(6-10)16-19-15(25-20-16)9-24-12-2-3-13(17(22)23)11(7-12)8-21/h2-8,22-23H,9H2,1H3. The van der Waals surface area contributed by atoms with E-state index in [1.165, 1.54) is 18.2 Å². The van der Waals surface area contributed by atoms with Crippen LogP contribution in [0.15, 0.2) is 41.1 Å². The molecule has 0 aliphatic heterocycles. The van der Waals surface area contributed by atoms with E-state index in [4.69, 9.17) is 9.26 Å². The Morgan fingerprint density at radius 1 is 1.28 bits per heavy atom. The Labute approximate surface area is 143 Å². The Morgan fingerprint density at radius 3 is 2.84 bits per heavy atom. The molecule has 0 unspecified atom stereocenters. The zero-order valence-corrected chi connectivity index (χ0v) is 13.3. The van der Waals surface area contributed by atoms with Gasteiger partial charge in [0.25, 0.3) is 5.89 Å². The Balaban J connectivity index is 1.71. The molecule has 9 heteroatoms. The molecule has 0 aliphatic rings. The van der Waals surface area contributed by atoms with Gasteiger partial charge >= 0.3 is 7.12 Å². The van der Waals surface area contributed by atoms with Gasteiger partial charge in [0.15, 0.2) is 6.61 Å². The van der Waals surface area contributed by atoms with Crippen molar-refractivity contribution in [1.82, 2.24) is 15.1 Å². The number of benzene rings is 1. The third-order valence-electron chi connectivity index (χ3n) is 3.44. The SMILES string of the molecule is Cc1ccnc(-c2noc(COc3ccc(B(O)O)c(C=O)c3)n2)c1. The van der Waals surface area contributed by atoms with E-state index in [0.29, 0.717) is 23.6 Å². The molecule has 3 rings (SSSR count). The van der Waals surface area contributed by atoms with E-state index in [2.05, 4.69) is 15.1 Å². The van der Waals surface area contributed by atoms with E-state index in [0.717, 1.165) is 5.56 Å². The maximum Gasteiger partial charge on any atom is 0.489 e. The van der Waals surface area contributed by atoms with Crippen LogP contribution < -0.4 is 10.2 Å². The predicted octanol–water partition coefficient (Wildman–Crippen LogP) is 0.511. The third-order valence-corrected chi connectivity index (χ3v) is 3.44. The van der Waals surface area contributed by atoms with E-state index >= 15 is 0 Å². The number of carbonyl (C=O) groups is 1. The van der Waals surface area contributed by atoms with Gasteiger partial charge in [0.2, 0.25) is 5.82 Å². The lowest BCUT2D eigenvalue weighted by atomic mass is 9.77. The Hall–Kier alpha value is -3.04. The number of ether oxygens (including phenoxy) is 1. The van der Waals surface area contributed by atoms with Gasteiger partial charge in [-0.1, -0.05) is 11.2 Å². The molecule has 3 aromatic rings. The number of aromatic nitrogens is 3. The molecule has 0 saturated carbocycles. The molecular formula is C16H14BN3O5. The molecule has 2 N–H and O–H groups in total. The summed E-state index contributed by atoms with van der Waals surface area (Å²) in [4.78, 5) is 19.4. The van der Waals surface area contributed by atoms with Gasteiger partial charge in [0.1, 0.15) is 17.7 Å². The maximum atomic E-state index is 11.0. The quantitative estimate of drug-likeness (QED) is 0.493. The van der Waals surface area contributed by atoms with Crippen LogP contribution in [0.1, 0.15) is 21.8 Å². The molecule has 126 valence electrons. The first-order valence-electron chi connectivity index (χ1n) is 7.40. The number of pyridine rings is 1. The van der Waals surface area contributed by atoms with Crippen molar-refractivity contribution >= 4 is 18.9 Å². The van der Waals surface area contributed by atoms with Gasteiger partial charge in [-0.25, -0.2) is 0 Å². The topological polar surface area (TPSA) is 119 Å². The smallest absolute Gasteiger partial charge is 0.484 e. The normalized spacial score (nSPS) is 10.5. The molecular weight excluding hydrogens is 325 g/mol. The lowest BCUT2D eigenvalue weighted by molar-refractivity contribution is 0.112. The highest BCUT2D eigenvalue weighted by Crippen LogP contribution is 2.16. The van der Waals surface area contributed by atoms with E-state index in [1.54, 1.807) is 6.20 Å². The second-order valence-corrected chi connectivity index (χ2v) is 5.30. The van der Waals surface area contributed by atoms with Crippen molar-refractivity contribution in [2.75, 3.05) is 0 Å². The molecule has 0 atom stereocenters. The van der Waals surface area contributed by atoms with Gasteiger partial charge < -0.3 is 19.3 Å². The van der Waals surface area contributed by atoms with Crippen LogP contribution in [-0.2, 0) is 6.61 Å². The number of hydrogen-bond donors (Lipinski definition) is 2. The summed E-state index contributed by atoms with van der Waals surface area (Å²) in [5.74, 6) is 0.965. The maximum absolute atomic E-state index is 11.0. The largest absolute Gasteiger partial charge is 0.489 e. The third kappa shape index (κ3) is 3.90. The van der Waals surface area contributed by atoms with Crippen LogP contribution in [0.25, 0.3) is 11.5 Å². The summed E-state index contributed by atoms with van der Waals surface area (Å²) in [5.41, 5.74) is 1.86. The summed E-state index contributed by atoms with van der Waals surface area (Å²) in [5, 5.41) is 22.2. The number of carbonyl (C=O) groups excluding carboxylic acids is 1. The van der Waals surface area contributed by atoms with Crippen LogP contribution in [0.5, 0.6) is 5.75 Å².